The smallest absolute Gasteiger partial charge is 0.0912 e. The van der Waals surface area contributed by atoms with Gasteiger partial charge in [0.25, 0.3) is 0 Å². The van der Waals surface area contributed by atoms with E-state index in [9.17, 15) is 0 Å². The zero-order valence-electron chi connectivity index (χ0n) is 7.37. The minimum absolute atomic E-state index is 0.327. The number of allylic oxidation sites excluding steroid dienone is 1. The first-order valence-corrected chi connectivity index (χ1v) is 4.36. The van der Waals surface area contributed by atoms with Crippen LogP contribution in [-0.4, -0.2) is 0 Å². The summed E-state index contributed by atoms with van der Waals surface area (Å²) in [5, 5.41) is 17.4. The molecule has 0 aliphatic heterocycles. The Labute approximate surface area is 87.7 Å². The van der Waals surface area contributed by atoms with Crippen molar-refractivity contribution in [1.82, 2.24) is 0 Å². The maximum Gasteiger partial charge on any atom is 0.0912 e. The number of hydrogen-bond acceptors (Lipinski definition) is 2. The number of benzene rings is 1. The molecule has 0 amide bonds. The number of rotatable bonds is 2. The summed E-state index contributed by atoms with van der Waals surface area (Å²) in [7, 11) is 0. The van der Waals surface area contributed by atoms with Crippen molar-refractivity contribution in [2.45, 2.75) is 6.42 Å². The van der Waals surface area contributed by atoms with E-state index in [2.05, 4.69) is 0 Å². The number of nitrogens with zero attached hydrogens (tertiary/aromatic N) is 2. The topological polar surface area (TPSA) is 47.6 Å². The van der Waals surface area contributed by atoms with E-state index in [0.717, 1.165) is 11.1 Å². The Balaban J connectivity index is 3.03. The molecule has 0 aliphatic rings. The van der Waals surface area contributed by atoms with Crippen LogP contribution < -0.4 is 0 Å². The van der Waals surface area contributed by atoms with Crippen molar-refractivity contribution in [1.29, 1.82) is 10.5 Å². The van der Waals surface area contributed by atoms with Crippen molar-refractivity contribution in [2.24, 2.45) is 0 Å². The lowest BCUT2D eigenvalue weighted by Gasteiger charge is -1.99. The first kappa shape index (κ1) is 10.3. The van der Waals surface area contributed by atoms with Gasteiger partial charge in [0.1, 0.15) is 0 Å². The summed E-state index contributed by atoms with van der Waals surface area (Å²) in [5.74, 6) is 0. The van der Waals surface area contributed by atoms with E-state index in [1.807, 2.05) is 18.2 Å². The number of nitriles is 2. The highest BCUT2D eigenvalue weighted by Crippen LogP contribution is 2.16. The minimum atomic E-state index is 0.327. The second-order valence-corrected chi connectivity index (χ2v) is 3.13. The molecule has 0 atom stereocenters. The van der Waals surface area contributed by atoms with Crippen molar-refractivity contribution in [3.63, 3.8) is 0 Å². The van der Waals surface area contributed by atoms with E-state index in [0.29, 0.717) is 11.4 Å². The fourth-order valence-electron chi connectivity index (χ4n) is 1.10. The molecule has 0 fully saturated rings. The van der Waals surface area contributed by atoms with Crippen LogP contribution in [0.25, 0.3) is 6.08 Å². The lowest BCUT2D eigenvalue weighted by atomic mass is 10.1. The largest absolute Gasteiger partial charge is 0.198 e. The summed E-state index contributed by atoms with van der Waals surface area (Å²) in [4.78, 5) is 0. The SMILES string of the molecule is N#C/C=C/c1cc(Cl)cc(CC#N)c1. The average molecular weight is 203 g/mol. The van der Waals surface area contributed by atoms with E-state index in [1.165, 1.54) is 6.08 Å². The van der Waals surface area contributed by atoms with Crippen LogP contribution in [0.15, 0.2) is 24.3 Å². The first-order valence-electron chi connectivity index (χ1n) is 3.99. The van der Waals surface area contributed by atoms with Gasteiger partial charge in [-0.25, -0.2) is 0 Å². The summed E-state index contributed by atoms with van der Waals surface area (Å²) >= 11 is 5.84. The molecule has 1 rings (SSSR count). The second-order valence-electron chi connectivity index (χ2n) is 2.69. The molecule has 0 saturated heterocycles. The van der Waals surface area contributed by atoms with Crippen LogP contribution in [0.5, 0.6) is 0 Å². The second kappa shape index (κ2) is 5.07. The molecule has 0 bridgehead atoms. The van der Waals surface area contributed by atoms with Gasteiger partial charge >= 0.3 is 0 Å². The summed E-state index contributed by atoms with van der Waals surface area (Å²) in [6, 6.07) is 9.27. The molecule has 0 heterocycles. The van der Waals surface area contributed by atoms with Crippen LogP contribution in [0, 0.1) is 22.7 Å². The lowest BCUT2D eigenvalue weighted by molar-refractivity contribution is 1.26. The molecular weight excluding hydrogens is 196 g/mol. The monoisotopic (exact) mass is 202 g/mol. The van der Waals surface area contributed by atoms with Gasteiger partial charge in [-0.3, -0.25) is 0 Å². The van der Waals surface area contributed by atoms with Gasteiger partial charge in [-0.2, -0.15) is 10.5 Å². The standard InChI is InChI=1S/C11H7ClN2/c12-11-7-9(2-1-4-13)6-10(8-11)3-5-14/h1-2,6-8H,3H2/b2-1+. The molecule has 14 heavy (non-hydrogen) atoms. The number of hydrogen-bond donors (Lipinski definition) is 0. The van der Waals surface area contributed by atoms with Gasteiger partial charge in [-0.05, 0) is 29.3 Å². The van der Waals surface area contributed by atoms with Gasteiger partial charge in [-0.15, -0.1) is 0 Å². The number of halogens is 1. The molecular formula is C11H7ClN2. The molecule has 0 saturated carbocycles. The van der Waals surface area contributed by atoms with E-state index in [1.54, 1.807) is 18.2 Å². The van der Waals surface area contributed by atoms with Gasteiger partial charge in [0.15, 0.2) is 0 Å². The molecule has 2 nitrogen and oxygen atoms in total. The predicted octanol–water partition coefficient (Wildman–Crippen LogP) is 2.94. The summed E-state index contributed by atoms with van der Waals surface area (Å²) < 4.78 is 0. The Kier molecular flexibility index (Phi) is 3.73. The summed E-state index contributed by atoms with van der Waals surface area (Å²) in [6.07, 6.45) is 3.36. The van der Waals surface area contributed by atoms with Crippen molar-refractivity contribution in [3.05, 3.63) is 40.4 Å². The minimum Gasteiger partial charge on any atom is -0.198 e. The summed E-state index contributed by atoms with van der Waals surface area (Å²) in [5.41, 5.74) is 1.70. The third kappa shape index (κ3) is 2.94. The van der Waals surface area contributed by atoms with Crippen LogP contribution in [-0.2, 0) is 6.42 Å². The van der Waals surface area contributed by atoms with Gasteiger partial charge in [-0.1, -0.05) is 17.7 Å². The van der Waals surface area contributed by atoms with Crippen molar-refractivity contribution < 1.29 is 0 Å². The maximum absolute atomic E-state index is 8.51. The molecule has 0 unspecified atom stereocenters. The van der Waals surface area contributed by atoms with Crippen LogP contribution in [0.3, 0.4) is 0 Å². The Bertz CT molecular complexity index is 436. The van der Waals surface area contributed by atoms with Gasteiger partial charge in [0.2, 0.25) is 0 Å². The molecule has 0 aliphatic carbocycles. The average Bonchev–Trinajstić information content (AvgIpc) is 2.14. The van der Waals surface area contributed by atoms with Crippen molar-refractivity contribution in [3.8, 4) is 12.1 Å². The fourth-order valence-corrected chi connectivity index (χ4v) is 1.36. The third-order valence-corrected chi connectivity index (χ3v) is 1.83. The van der Waals surface area contributed by atoms with Crippen LogP contribution in [0.2, 0.25) is 5.02 Å². The fraction of sp³-hybridized carbons (Fsp3) is 0.0909. The zero-order chi connectivity index (χ0) is 10.4. The molecule has 3 heteroatoms. The molecule has 68 valence electrons. The quantitative estimate of drug-likeness (QED) is 0.693. The Morgan fingerprint density at radius 2 is 2.07 bits per heavy atom. The van der Waals surface area contributed by atoms with Gasteiger partial charge in [0.05, 0.1) is 18.6 Å². The maximum atomic E-state index is 8.51. The lowest BCUT2D eigenvalue weighted by Crippen LogP contribution is -1.83. The van der Waals surface area contributed by atoms with Gasteiger partial charge < -0.3 is 0 Å². The van der Waals surface area contributed by atoms with E-state index in [-0.39, 0.29) is 0 Å². The highest BCUT2D eigenvalue weighted by atomic mass is 35.5. The van der Waals surface area contributed by atoms with Gasteiger partial charge in [0, 0.05) is 11.1 Å². The van der Waals surface area contributed by atoms with Crippen LogP contribution >= 0.6 is 11.6 Å². The van der Waals surface area contributed by atoms with Crippen LogP contribution in [0.4, 0.5) is 0 Å². The Morgan fingerprint density at radius 3 is 2.71 bits per heavy atom. The van der Waals surface area contributed by atoms with Crippen molar-refractivity contribution >= 4 is 17.7 Å². The van der Waals surface area contributed by atoms with E-state index < -0.39 is 0 Å². The van der Waals surface area contributed by atoms with Crippen LogP contribution in [0.1, 0.15) is 11.1 Å². The Hall–Kier alpha value is -1.77. The molecule has 0 spiro atoms. The molecule has 1 aromatic rings. The highest BCUT2D eigenvalue weighted by molar-refractivity contribution is 6.30. The summed E-state index contributed by atoms with van der Waals surface area (Å²) in [6.45, 7) is 0. The molecule has 0 N–H and O–H groups in total. The van der Waals surface area contributed by atoms with E-state index in [4.69, 9.17) is 22.1 Å². The molecule has 0 radical (unpaired) electrons. The first-order chi connectivity index (χ1) is 6.76. The predicted molar refractivity (Wildman–Crippen MR) is 55.4 cm³/mol. The molecule has 1 aromatic carbocycles. The van der Waals surface area contributed by atoms with Crippen molar-refractivity contribution in [2.75, 3.05) is 0 Å². The zero-order valence-corrected chi connectivity index (χ0v) is 8.12. The highest BCUT2D eigenvalue weighted by Gasteiger charge is 1.96. The normalized spacial score (nSPS) is 9.64. The third-order valence-electron chi connectivity index (χ3n) is 1.61. The van der Waals surface area contributed by atoms with E-state index >= 15 is 0 Å². The Morgan fingerprint density at radius 1 is 1.29 bits per heavy atom. The molecule has 0 aromatic heterocycles.